The minimum absolute atomic E-state index is 0. The second kappa shape index (κ2) is 7.96. The second-order valence-corrected chi connectivity index (χ2v) is 8.36. The fourth-order valence-electron chi connectivity index (χ4n) is 2.88. The summed E-state index contributed by atoms with van der Waals surface area (Å²) >= 11 is 1.40. The van der Waals surface area contributed by atoms with Gasteiger partial charge in [0.2, 0.25) is 0 Å². The summed E-state index contributed by atoms with van der Waals surface area (Å²) in [5, 5.41) is 5.47. The molecule has 146 valence electrons. The fourth-order valence-corrected chi connectivity index (χ4v) is 4.05. The number of benzene rings is 1. The van der Waals surface area contributed by atoms with E-state index < -0.39 is 0 Å². The average molecular weight is 411 g/mol. The van der Waals surface area contributed by atoms with Gasteiger partial charge in [0.1, 0.15) is 10.6 Å². The highest BCUT2D eigenvalue weighted by atomic mass is 35.5. The molecule has 2 N–H and O–H groups in total. The number of nitrogens with two attached hydrogens (primary N) is 1. The summed E-state index contributed by atoms with van der Waals surface area (Å²) in [4.78, 5) is 16.1. The van der Waals surface area contributed by atoms with E-state index in [-0.39, 0.29) is 29.5 Å². The van der Waals surface area contributed by atoms with Gasteiger partial charge in [-0.15, -0.1) is 23.7 Å². The molecule has 0 aliphatic carbocycles. The third-order valence-corrected chi connectivity index (χ3v) is 5.49. The van der Waals surface area contributed by atoms with Crippen molar-refractivity contribution in [3.63, 3.8) is 0 Å². The molecule has 0 saturated carbocycles. The number of aryl methyl sites for hydroxylation is 1. The Hall–Kier alpha value is -1.96. The smallest absolute Gasteiger partial charge is 0.263 e. The molecule has 0 aliphatic heterocycles. The zero-order valence-electron chi connectivity index (χ0n) is 15.8. The van der Waals surface area contributed by atoms with Crippen molar-refractivity contribution < 1.29 is 9.18 Å². The van der Waals surface area contributed by atoms with Crippen molar-refractivity contribution >= 4 is 39.9 Å². The molecule has 0 radical (unpaired) electrons. The van der Waals surface area contributed by atoms with E-state index in [1.54, 1.807) is 28.8 Å². The average Bonchev–Trinajstić information content (AvgIpc) is 3.15. The van der Waals surface area contributed by atoms with Crippen LogP contribution in [0.3, 0.4) is 0 Å². The van der Waals surface area contributed by atoms with Gasteiger partial charge in [-0.2, -0.15) is 5.10 Å². The summed E-state index contributed by atoms with van der Waals surface area (Å²) < 4.78 is 15.0. The Morgan fingerprint density at radius 2 is 1.96 bits per heavy atom. The van der Waals surface area contributed by atoms with E-state index in [1.165, 1.54) is 23.5 Å². The maximum absolute atomic E-state index is 13.2. The van der Waals surface area contributed by atoms with E-state index in [2.05, 4.69) is 5.10 Å². The van der Waals surface area contributed by atoms with E-state index in [0.29, 0.717) is 18.0 Å². The Morgan fingerprint density at radius 1 is 1.33 bits per heavy atom. The number of amides is 1. The van der Waals surface area contributed by atoms with Crippen molar-refractivity contribution in [2.75, 3.05) is 20.1 Å². The fraction of sp³-hybridized carbons (Fsp3) is 0.368. The molecule has 2 aromatic heterocycles. The quantitative estimate of drug-likeness (QED) is 0.691. The normalized spacial score (nSPS) is 11.5. The summed E-state index contributed by atoms with van der Waals surface area (Å²) in [6.07, 6.45) is 0. The van der Waals surface area contributed by atoms with E-state index in [9.17, 15) is 9.18 Å². The van der Waals surface area contributed by atoms with E-state index in [1.807, 2.05) is 26.8 Å². The Labute approximate surface area is 168 Å². The molecule has 1 amide bonds. The highest BCUT2D eigenvalue weighted by Crippen LogP contribution is 2.31. The van der Waals surface area contributed by atoms with Crippen molar-refractivity contribution in [2.45, 2.75) is 20.8 Å². The molecular formula is C19H24ClFN4OS. The summed E-state index contributed by atoms with van der Waals surface area (Å²) in [7, 11) is 1.79. The minimum Gasteiger partial charge on any atom is -0.340 e. The number of nitrogens with zero attached hydrogens (tertiary/aromatic N) is 3. The van der Waals surface area contributed by atoms with Crippen molar-refractivity contribution in [3.8, 4) is 5.69 Å². The van der Waals surface area contributed by atoms with Gasteiger partial charge >= 0.3 is 0 Å². The lowest BCUT2D eigenvalue weighted by Crippen LogP contribution is -2.39. The van der Waals surface area contributed by atoms with Gasteiger partial charge in [0.15, 0.2) is 0 Å². The highest BCUT2D eigenvalue weighted by molar-refractivity contribution is 7.20. The van der Waals surface area contributed by atoms with Gasteiger partial charge in [0, 0.05) is 19.0 Å². The van der Waals surface area contributed by atoms with Crippen LogP contribution in [0.15, 0.2) is 30.3 Å². The Balaban J connectivity index is 0.00000261. The molecule has 27 heavy (non-hydrogen) atoms. The molecular weight excluding hydrogens is 387 g/mol. The van der Waals surface area contributed by atoms with Gasteiger partial charge < -0.3 is 10.6 Å². The topological polar surface area (TPSA) is 64.2 Å². The predicted molar refractivity (Wildman–Crippen MR) is 111 cm³/mol. The summed E-state index contributed by atoms with van der Waals surface area (Å²) in [5.41, 5.74) is 7.25. The molecule has 0 spiro atoms. The maximum Gasteiger partial charge on any atom is 0.263 e. The first kappa shape index (κ1) is 21.3. The molecule has 1 aromatic carbocycles. The molecule has 5 nitrogen and oxygen atoms in total. The Morgan fingerprint density at radius 3 is 2.56 bits per heavy atom. The SMILES string of the molecule is Cc1nn(-c2ccc(F)cc2)c2sc(C(=O)N(C)CC(C)(C)CN)cc12.Cl. The highest BCUT2D eigenvalue weighted by Gasteiger charge is 2.24. The molecule has 3 rings (SSSR count). The van der Waals surface area contributed by atoms with Crippen LogP contribution in [0.2, 0.25) is 0 Å². The van der Waals surface area contributed by atoms with Gasteiger partial charge in [-0.1, -0.05) is 13.8 Å². The van der Waals surface area contributed by atoms with E-state index in [4.69, 9.17) is 5.73 Å². The van der Waals surface area contributed by atoms with Crippen LogP contribution in [0.4, 0.5) is 4.39 Å². The lowest BCUT2D eigenvalue weighted by Gasteiger charge is -2.28. The number of halogens is 2. The molecule has 0 aliphatic rings. The molecule has 8 heteroatoms. The Kier molecular flexibility index (Phi) is 6.29. The molecule has 3 aromatic rings. The van der Waals surface area contributed by atoms with Crippen LogP contribution in [0, 0.1) is 18.2 Å². The van der Waals surface area contributed by atoms with Crippen molar-refractivity contribution in [3.05, 3.63) is 46.7 Å². The first-order valence-corrected chi connectivity index (χ1v) is 9.24. The molecule has 0 bridgehead atoms. The second-order valence-electron chi connectivity index (χ2n) is 7.33. The van der Waals surface area contributed by atoms with Crippen molar-refractivity contribution in [2.24, 2.45) is 11.1 Å². The van der Waals surface area contributed by atoms with Crippen LogP contribution in [0.5, 0.6) is 0 Å². The maximum atomic E-state index is 13.2. The van der Waals surface area contributed by atoms with Crippen LogP contribution in [0.1, 0.15) is 29.2 Å². The minimum atomic E-state index is -0.292. The first-order chi connectivity index (χ1) is 12.2. The molecule has 0 atom stereocenters. The number of rotatable bonds is 5. The van der Waals surface area contributed by atoms with Crippen LogP contribution in [0.25, 0.3) is 15.9 Å². The largest absolute Gasteiger partial charge is 0.340 e. The summed E-state index contributed by atoms with van der Waals surface area (Å²) in [6, 6.07) is 8.05. The van der Waals surface area contributed by atoms with E-state index >= 15 is 0 Å². The summed E-state index contributed by atoms with van der Waals surface area (Å²) in [5.74, 6) is -0.321. The van der Waals surface area contributed by atoms with Gasteiger partial charge in [-0.25, -0.2) is 9.07 Å². The van der Waals surface area contributed by atoms with E-state index in [0.717, 1.165) is 21.6 Å². The first-order valence-electron chi connectivity index (χ1n) is 8.42. The standard InChI is InChI=1S/C19H23FN4OS.ClH/c1-12-15-9-16(17(25)23(4)11-19(2,3)10-21)26-18(15)24(22-12)14-7-5-13(20)6-8-14;/h5-9H,10-11,21H2,1-4H3;1H. The van der Waals surface area contributed by atoms with Crippen LogP contribution in [-0.2, 0) is 0 Å². The van der Waals surface area contributed by atoms with Crippen LogP contribution >= 0.6 is 23.7 Å². The zero-order chi connectivity index (χ0) is 19.1. The molecule has 0 fully saturated rings. The van der Waals surface area contributed by atoms with Crippen LogP contribution in [-0.4, -0.2) is 40.7 Å². The van der Waals surface area contributed by atoms with Crippen molar-refractivity contribution in [1.82, 2.24) is 14.7 Å². The molecule has 0 unspecified atom stereocenters. The number of fused-ring (bicyclic) bond motifs is 1. The van der Waals surface area contributed by atoms with Gasteiger partial charge in [0.05, 0.1) is 16.3 Å². The predicted octanol–water partition coefficient (Wildman–Crippen LogP) is 4.01. The van der Waals surface area contributed by atoms with Gasteiger partial charge in [-0.05, 0) is 49.2 Å². The van der Waals surface area contributed by atoms with Gasteiger partial charge in [0.25, 0.3) is 5.91 Å². The number of hydrogen-bond donors (Lipinski definition) is 1. The lowest BCUT2D eigenvalue weighted by molar-refractivity contribution is 0.0745. The Bertz CT molecular complexity index is 949. The van der Waals surface area contributed by atoms with Crippen LogP contribution < -0.4 is 5.73 Å². The number of carbonyl (C=O) groups excluding carboxylic acids is 1. The number of hydrogen-bond acceptors (Lipinski definition) is 4. The number of thiophene rings is 1. The third kappa shape index (κ3) is 4.31. The number of aromatic nitrogens is 2. The lowest BCUT2D eigenvalue weighted by atomic mass is 9.93. The third-order valence-electron chi connectivity index (χ3n) is 4.39. The number of carbonyl (C=O) groups is 1. The van der Waals surface area contributed by atoms with Gasteiger partial charge in [-0.3, -0.25) is 4.79 Å². The molecule has 2 heterocycles. The molecule has 0 saturated heterocycles. The monoisotopic (exact) mass is 410 g/mol. The van der Waals surface area contributed by atoms with Crippen molar-refractivity contribution in [1.29, 1.82) is 0 Å². The summed E-state index contributed by atoms with van der Waals surface area (Å²) in [6.45, 7) is 7.08. The zero-order valence-corrected chi connectivity index (χ0v) is 17.5.